The van der Waals surface area contributed by atoms with Crippen molar-refractivity contribution in [2.24, 2.45) is 20.8 Å². The molecule has 0 amide bonds. The summed E-state index contributed by atoms with van der Waals surface area (Å²) in [4.78, 5) is 11.1. The highest BCUT2D eigenvalue weighted by Gasteiger charge is 2.33. The van der Waals surface area contributed by atoms with Gasteiger partial charge in [0.15, 0.2) is 0 Å². The lowest BCUT2D eigenvalue weighted by Crippen LogP contribution is -2.37. The molecule has 0 N–H and O–H groups in total. The Morgan fingerprint density at radius 1 is 0.472 bits per heavy atom. The predicted molar refractivity (Wildman–Crippen MR) is 162 cm³/mol. The maximum atomic E-state index is 5.57. The van der Waals surface area contributed by atoms with E-state index in [9.17, 15) is 0 Å². The molecule has 198 valence electrons. The molecule has 2 aromatic carbocycles. The SMILES string of the molecule is CC(C)c1cccc(C(C)C)c1N=C(C(=Nc1c(C(C)C)cccc1C(C)C)C(C)(C)C)C(C)(C)C. The summed E-state index contributed by atoms with van der Waals surface area (Å²) in [6, 6.07) is 13.4. The van der Waals surface area contributed by atoms with Crippen molar-refractivity contribution >= 4 is 22.8 Å². The van der Waals surface area contributed by atoms with Crippen molar-refractivity contribution < 1.29 is 0 Å². The second-order valence-electron chi connectivity index (χ2n) is 13.6. The summed E-state index contributed by atoms with van der Waals surface area (Å²) in [5.74, 6) is 1.58. The zero-order valence-corrected chi connectivity index (χ0v) is 25.7. The molecular formula is C34H52N2. The van der Waals surface area contributed by atoms with Gasteiger partial charge < -0.3 is 0 Å². The third-order valence-corrected chi connectivity index (χ3v) is 6.78. The van der Waals surface area contributed by atoms with Crippen molar-refractivity contribution in [1.29, 1.82) is 0 Å². The Morgan fingerprint density at radius 2 is 0.694 bits per heavy atom. The van der Waals surface area contributed by atoms with Gasteiger partial charge in [0.25, 0.3) is 0 Å². The molecule has 0 aromatic heterocycles. The summed E-state index contributed by atoms with van der Waals surface area (Å²) in [5.41, 5.74) is 9.31. The molecule has 0 fully saturated rings. The van der Waals surface area contributed by atoms with Crippen LogP contribution in [0, 0.1) is 10.8 Å². The summed E-state index contributed by atoms with van der Waals surface area (Å²) in [6.07, 6.45) is 0. The Balaban J connectivity index is 3.05. The number of hydrogen-bond acceptors (Lipinski definition) is 2. The first-order valence-electron chi connectivity index (χ1n) is 13.9. The van der Waals surface area contributed by atoms with Crippen molar-refractivity contribution in [3.8, 4) is 0 Å². The van der Waals surface area contributed by atoms with E-state index in [1.54, 1.807) is 0 Å². The van der Waals surface area contributed by atoms with Gasteiger partial charge in [0.1, 0.15) is 0 Å². The molecule has 0 radical (unpaired) electrons. The standard InChI is InChI=1S/C34H52N2/c1-21(2)25-17-15-18-26(22(3)4)29(25)35-31(33(9,10)11)32(34(12,13)14)36-30-27(23(5)6)19-16-20-28(30)24(7)8/h15-24H,1-14H3. The van der Waals surface area contributed by atoms with Gasteiger partial charge in [-0.25, -0.2) is 0 Å². The van der Waals surface area contributed by atoms with E-state index in [1.807, 2.05) is 0 Å². The number of rotatable bonds is 7. The number of nitrogens with zero attached hydrogens (tertiary/aromatic N) is 2. The monoisotopic (exact) mass is 488 g/mol. The van der Waals surface area contributed by atoms with E-state index in [4.69, 9.17) is 9.98 Å². The number of hydrogen-bond donors (Lipinski definition) is 0. The van der Waals surface area contributed by atoms with Crippen molar-refractivity contribution in [2.75, 3.05) is 0 Å². The molecule has 0 saturated heterocycles. The van der Waals surface area contributed by atoms with Crippen LogP contribution in [-0.4, -0.2) is 11.4 Å². The minimum atomic E-state index is -0.171. The summed E-state index contributed by atoms with van der Waals surface area (Å²) in [5, 5.41) is 0. The zero-order chi connectivity index (χ0) is 27.6. The van der Waals surface area contributed by atoms with E-state index < -0.39 is 0 Å². The third-order valence-electron chi connectivity index (χ3n) is 6.78. The molecule has 0 unspecified atom stereocenters. The largest absolute Gasteiger partial charge is 0.250 e. The highest BCUT2D eigenvalue weighted by molar-refractivity contribution is 6.46. The Morgan fingerprint density at radius 3 is 0.861 bits per heavy atom. The highest BCUT2D eigenvalue weighted by atomic mass is 14.9. The van der Waals surface area contributed by atoms with Gasteiger partial charge in [-0.15, -0.1) is 0 Å². The molecule has 0 aliphatic rings. The highest BCUT2D eigenvalue weighted by Crippen LogP contribution is 2.40. The lowest BCUT2D eigenvalue weighted by Gasteiger charge is -2.32. The van der Waals surface area contributed by atoms with Crippen molar-refractivity contribution in [2.45, 2.75) is 121 Å². The zero-order valence-electron chi connectivity index (χ0n) is 25.7. The van der Waals surface area contributed by atoms with Crippen LogP contribution in [0.25, 0.3) is 0 Å². The quantitative estimate of drug-likeness (QED) is 0.346. The van der Waals surface area contributed by atoms with E-state index >= 15 is 0 Å². The fraction of sp³-hybridized carbons (Fsp3) is 0.588. The van der Waals surface area contributed by atoms with E-state index in [1.165, 1.54) is 22.3 Å². The first-order valence-corrected chi connectivity index (χ1v) is 13.9. The van der Waals surface area contributed by atoms with E-state index in [2.05, 4.69) is 133 Å². The van der Waals surface area contributed by atoms with E-state index in [0.717, 1.165) is 22.8 Å². The van der Waals surface area contributed by atoms with Gasteiger partial charge in [-0.1, -0.05) is 133 Å². The molecule has 0 aliphatic heterocycles. The van der Waals surface area contributed by atoms with Gasteiger partial charge in [0.2, 0.25) is 0 Å². The molecule has 2 rings (SSSR count). The van der Waals surface area contributed by atoms with Gasteiger partial charge >= 0.3 is 0 Å². The Hall–Kier alpha value is -2.22. The van der Waals surface area contributed by atoms with Crippen LogP contribution in [0.5, 0.6) is 0 Å². The van der Waals surface area contributed by atoms with Gasteiger partial charge in [-0.2, -0.15) is 0 Å². The van der Waals surface area contributed by atoms with Crippen LogP contribution >= 0.6 is 0 Å². The van der Waals surface area contributed by atoms with Crippen LogP contribution < -0.4 is 0 Å². The van der Waals surface area contributed by atoms with Gasteiger partial charge in [-0.3, -0.25) is 9.98 Å². The normalized spacial score (nSPS) is 14.1. The second kappa shape index (κ2) is 11.4. The summed E-state index contributed by atoms with van der Waals surface area (Å²) in [6.45, 7) is 31.8. The molecule has 0 aliphatic carbocycles. The number of para-hydroxylation sites is 2. The first-order chi connectivity index (χ1) is 16.5. The van der Waals surface area contributed by atoms with Crippen molar-refractivity contribution in [1.82, 2.24) is 0 Å². The van der Waals surface area contributed by atoms with Crippen LogP contribution in [0.15, 0.2) is 46.4 Å². The molecule has 0 heterocycles. The molecule has 0 saturated carbocycles. The van der Waals surface area contributed by atoms with Crippen LogP contribution in [0.3, 0.4) is 0 Å². The molecule has 2 aromatic rings. The Kier molecular flexibility index (Phi) is 9.54. The number of benzene rings is 2. The molecule has 0 spiro atoms. The summed E-state index contributed by atoms with van der Waals surface area (Å²) < 4.78 is 0. The van der Waals surface area contributed by atoms with Crippen LogP contribution in [0.2, 0.25) is 0 Å². The molecule has 2 heteroatoms. The fourth-order valence-corrected chi connectivity index (χ4v) is 4.66. The van der Waals surface area contributed by atoms with Crippen LogP contribution in [-0.2, 0) is 0 Å². The van der Waals surface area contributed by atoms with Gasteiger partial charge in [0, 0.05) is 10.8 Å². The molecule has 0 bridgehead atoms. The van der Waals surface area contributed by atoms with Crippen LogP contribution in [0.4, 0.5) is 11.4 Å². The molecular weight excluding hydrogens is 436 g/mol. The topological polar surface area (TPSA) is 24.7 Å². The average Bonchev–Trinajstić information content (AvgIpc) is 2.73. The lowest BCUT2D eigenvalue weighted by molar-refractivity contribution is 0.565. The Bertz CT molecular complexity index is 955. The van der Waals surface area contributed by atoms with E-state index in [-0.39, 0.29) is 10.8 Å². The average molecular weight is 489 g/mol. The maximum absolute atomic E-state index is 5.57. The lowest BCUT2D eigenvalue weighted by atomic mass is 9.76. The predicted octanol–water partition coefficient (Wildman–Crippen LogP) is 11.1. The molecule has 36 heavy (non-hydrogen) atoms. The maximum Gasteiger partial charge on any atom is 0.0703 e. The van der Waals surface area contributed by atoms with Crippen LogP contribution in [0.1, 0.15) is 143 Å². The van der Waals surface area contributed by atoms with E-state index in [0.29, 0.717) is 23.7 Å². The molecule has 0 atom stereocenters. The molecule has 2 nitrogen and oxygen atoms in total. The summed E-state index contributed by atoms with van der Waals surface area (Å²) >= 11 is 0. The minimum absolute atomic E-state index is 0.171. The minimum Gasteiger partial charge on any atom is -0.250 e. The third kappa shape index (κ3) is 6.96. The first kappa shape index (κ1) is 30.0. The van der Waals surface area contributed by atoms with Crippen molar-refractivity contribution in [3.63, 3.8) is 0 Å². The van der Waals surface area contributed by atoms with Gasteiger partial charge in [-0.05, 0) is 45.9 Å². The fourth-order valence-electron chi connectivity index (χ4n) is 4.66. The van der Waals surface area contributed by atoms with Gasteiger partial charge in [0.05, 0.1) is 22.8 Å². The van der Waals surface area contributed by atoms with Crippen molar-refractivity contribution in [3.05, 3.63) is 58.7 Å². The summed E-state index contributed by atoms with van der Waals surface area (Å²) in [7, 11) is 0. The Labute approximate surface area is 222 Å². The number of aliphatic imine (C=N–C) groups is 2. The smallest absolute Gasteiger partial charge is 0.0703 e. The second-order valence-corrected chi connectivity index (χ2v) is 13.6.